The van der Waals surface area contributed by atoms with Crippen LogP contribution < -0.4 is 5.43 Å². The first-order chi connectivity index (χ1) is 15.6. The van der Waals surface area contributed by atoms with Gasteiger partial charge in [-0.1, -0.05) is 90.7 Å². The third kappa shape index (κ3) is 5.65. The number of carbonyl (C=O) groups is 1. The summed E-state index contributed by atoms with van der Waals surface area (Å²) in [5.74, 6) is 0.968. The van der Waals surface area contributed by atoms with E-state index in [1.54, 1.807) is 6.21 Å². The molecular weight excluding hydrogens is 418 g/mol. The Morgan fingerprint density at radius 3 is 2.62 bits per heavy atom. The van der Waals surface area contributed by atoms with E-state index >= 15 is 0 Å². The number of nitrogens with one attached hydrogen (secondary N) is 1. The molecule has 7 heteroatoms. The summed E-state index contributed by atoms with van der Waals surface area (Å²) < 4.78 is 2.25. The van der Waals surface area contributed by atoms with Crippen LogP contribution in [0, 0.1) is 13.8 Å². The summed E-state index contributed by atoms with van der Waals surface area (Å²) in [6.07, 6.45) is 7.62. The van der Waals surface area contributed by atoms with Gasteiger partial charge in [-0.2, -0.15) is 5.10 Å². The van der Waals surface area contributed by atoms with Gasteiger partial charge >= 0.3 is 0 Å². The Kier molecular flexibility index (Phi) is 7.37. The van der Waals surface area contributed by atoms with Crippen LogP contribution >= 0.6 is 11.8 Å². The highest BCUT2D eigenvalue weighted by atomic mass is 32.2. The van der Waals surface area contributed by atoms with Crippen LogP contribution in [0.4, 0.5) is 0 Å². The standard InChI is InChI=1S/C25H29N5OS/c1-18-11-13-21(14-12-18)24-28-29-25(30(24)22-9-4-3-5-10-22)32-17-23(31)27-26-16-20-8-6-7-19(2)15-20/h6-8,11-16,22H,3-5,9-10,17H2,1-2H3,(H,27,31). The van der Waals surface area contributed by atoms with E-state index in [2.05, 4.69) is 56.5 Å². The fraction of sp³-hybridized carbons (Fsp3) is 0.360. The molecule has 2 aromatic carbocycles. The average Bonchev–Trinajstić information content (AvgIpc) is 3.23. The van der Waals surface area contributed by atoms with Gasteiger partial charge in [0, 0.05) is 11.6 Å². The average molecular weight is 448 g/mol. The zero-order valence-electron chi connectivity index (χ0n) is 18.6. The van der Waals surface area contributed by atoms with Gasteiger partial charge in [0.05, 0.1) is 12.0 Å². The quantitative estimate of drug-likeness (QED) is 0.303. The lowest BCUT2D eigenvalue weighted by atomic mass is 9.95. The number of hydrogen-bond acceptors (Lipinski definition) is 5. The third-order valence-corrected chi connectivity index (χ3v) is 6.63. The molecule has 1 amide bonds. The van der Waals surface area contributed by atoms with Crippen molar-refractivity contribution in [2.45, 2.75) is 57.1 Å². The first-order valence-electron chi connectivity index (χ1n) is 11.1. The molecule has 1 aromatic heterocycles. The van der Waals surface area contributed by atoms with Crippen molar-refractivity contribution in [3.8, 4) is 11.4 Å². The van der Waals surface area contributed by atoms with Gasteiger partial charge in [0.15, 0.2) is 11.0 Å². The fourth-order valence-corrected chi connectivity index (χ4v) is 4.83. The van der Waals surface area contributed by atoms with Gasteiger partial charge in [0.1, 0.15) is 0 Å². The first kappa shape index (κ1) is 22.3. The second kappa shape index (κ2) is 10.6. The smallest absolute Gasteiger partial charge is 0.250 e. The highest BCUT2D eigenvalue weighted by molar-refractivity contribution is 7.99. The molecule has 1 aliphatic rings. The number of nitrogens with zero attached hydrogens (tertiary/aromatic N) is 4. The van der Waals surface area contributed by atoms with Crippen LogP contribution in [0.2, 0.25) is 0 Å². The number of thioether (sulfide) groups is 1. The van der Waals surface area contributed by atoms with E-state index in [-0.39, 0.29) is 11.7 Å². The summed E-state index contributed by atoms with van der Waals surface area (Å²) >= 11 is 1.42. The van der Waals surface area contributed by atoms with E-state index in [0.29, 0.717) is 6.04 Å². The second-order valence-corrected chi connectivity index (χ2v) is 9.27. The molecule has 0 atom stereocenters. The minimum atomic E-state index is -0.158. The summed E-state index contributed by atoms with van der Waals surface area (Å²) in [5.41, 5.74) is 7.01. The molecule has 1 saturated carbocycles. The van der Waals surface area contributed by atoms with Crippen molar-refractivity contribution >= 4 is 23.9 Å². The van der Waals surface area contributed by atoms with Crippen molar-refractivity contribution < 1.29 is 4.79 Å². The maximum atomic E-state index is 12.4. The summed E-state index contributed by atoms with van der Waals surface area (Å²) in [7, 11) is 0. The predicted octanol–water partition coefficient (Wildman–Crippen LogP) is 5.31. The maximum Gasteiger partial charge on any atom is 0.250 e. The number of benzene rings is 2. The Morgan fingerprint density at radius 2 is 1.88 bits per heavy atom. The SMILES string of the molecule is Cc1ccc(-c2nnc(SCC(=O)NN=Cc3cccc(C)c3)n2C2CCCCC2)cc1. The van der Waals surface area contributed by atoms with Crippen LogP contribution in [0.15, 0.2) is 58.8 Å². The molecule has 4 rings (SSSR count). The Labute approximate surface area is 193 Å². The lowest BCUT2D eigenvalue weighted by molar-refractivity contribution is -0.118. The number of hydrazone groups is 1. The number of rotatable bonds is 7. The number of carbonyl (C=O) groups excluding carboxylic acids is 1. The van der Waals surface area contributed by atoms with Crippen LogP contribution in [-0.2, 0) is 4.79 Å². The van der Waals surface area contributed by atoms with Crippen LogP contribution in [-0.4, -0.2) is 32.6 Å². The van der Waals surface area contributed by atoms with Crippen molar-refractivity contribution in [1.82, 2.24) is 20.2 Å². The van der Waals surface area contributed by atoms with Gasteiger partial charge < -0.3 is 0 Å². The molecule has 3 aromatic rings. The molecule has 0 radical (unpaired) electrons. The number of hydrogen-bond donors (Lipinski definition) is 1. The topological polar surface area (TPSA) is 72.2 Å². The molecule has 0 bridgehead atoms. The van der Waals surface area contributed by atoms with Gasteiger partial charge in [-0.25, -0.2) is 5.43 Å². The van der Waals surface area contributed by atoms with E-state index in [1.807, 2.05) is 31.2 Å². The molecule has 0 aliphatic heterocycles. The van der Waals surface area contributed by atoms with E-state index in [9.17, 15) is 4.79 Å². The number of aromatic nitrogens is 3. The molecule has 1 N–H and O–H groups in total. The summed E-state index contributed by atoms with van der Waals surface area (Å²) in [5, 5.41) is 13.9. The van der Waals surface area contributed by atoms with Crippen LogP contribution in [0.25, 0.3) is 11.4 Å². The minimum absolute atomic E-state index is 0.158. The zero-order chi connectivity index (χ0) is 22.3. The van der Waals surface area contributed by atoms with Gasteiger partial charge in [-0.15, -0.1) is 10.2 Å². The summed E-state index contributed by atoms with van der Waals surface area (Å²) in [6, 6.07) is 16.7. The normalized spacial score (nSPS) is 14.7. The Bertz CT molecular complexity index is 1080. The molecule has 0 spiro atoms. The van der Waals surface area contributed by atoms with Crippen LogP contribution in [0.1, 0.15) is 54.8 Å². The van der Waals surface area contributed by atoms with Crippen molar-refractivity contribution in [3.63, 3.8) is 0 Å². The van der Waals surface area contributed by atoms with Gasteiger partial charge in [-0.05, 0) is 32.3 Å². The molecule has 1 fully saturated rings. The van der Waals surface area contributed by atoms with Crippen molar-refractivity contribution in [1.29, 1.82) is 0 Å². The monoisotopic (exact) mass is 447 g/mol. The van der Waals surface area contributed by atoms with Crippen molar-refractivity contribution in [3.05, 3.63) is 65.2 Å². The molecule has 32 heavy (non-hydrogen) atoms. The van der Waals surface area contributed by atoms with Gasteiger partial charge in [0.25, 0.3) is 5.91 Å². The Balaban J connectivity index is 1.45. The molecule has 1 heterocycles. The number of aryl methyl sites for hydroxylation is 2. The highest BCUT2D eigenvalue weighted by Crippen LogP contribution is 2.35. The van der Waals surface area contributed by atoms with Gasteiger partial charge in [0.2, 0.25) is 0 Å². The largest absolute Gasteiger partial charge is 0.299 e. The Hall–Kier alpha value is -2.93. The van der Waals surface area contributed by atoms with E-state index in [0.717, 1.165) is 40.5 Å². The fourth-order valence-electron chi connectivity index (χ4n) is 4.03. The second-order valence-electron chi connectivity index (χ2n) is 8.33. The van der Waals surface area contributed by atoms with Gasteiger partial charge in [-0.3, -0.25) is 9.36 Å². The van der Waals surface area contributed by atoms with E-state index in [1.165, 1.54) is 36.6 Å². The molecule has 1 aliphatic carbocycles. The molecule has 6 nitrogen and oxygen atoms in total. The lowest BCUT2D eigenvalue weighted by Crippen LogP contribution is -2.20. The minimum Gasteiger partial charge on any atom is -0.299 e. The maximum absolute atomic E-state index is 12.4. The third-order valence-electron chi connectivity index (χ3n) is 5.69. The molecule has 0 unspecified atom stereocenters. The van der Waals surface area contributed by atoms with E-state index in [4.69, 9.17) is 0 Å². The first-order valence-corrected chi connectivity index (χ1v) is 12.1. The zero-order valence-corrected chi connectivity index (χ0v) is 19.4. The lowest BCUT2D eigenvalue weighted by Gasteiger charge is -2.25. The molecule has 0 saturated heterocycles. The van der Waals surface area contributed by atoms with Crippen LogP contribution in [0.3, 0.4) is 0 Å². The summed E-state index contributed by atoms with van der Waals surface area (Å²) in [6.45, 7) is 4.11. The van der Waals surface area contributed by atoms with Crippen molar-refractivity contribution in [2.75, 3.05) is 5.75 Å². The summed E-state index contributed by atoms with van der Waals surface area (Å²) in [4.78, 5) is 12.4. The van der Waals surface area contributed by atoms with E-state index < -0.39 is 0 Å². The highest BCUT2D eigenvalue weighted by Gasteiger charge is 2.24. The van der Waals surface area contributed by atoms with Crippen LogP contribution in [0.5, 0.6) is 0 Å². The number of amides is 1. The Morgan fingerprint density at radius 1 is 1.09 bits per heavy atom. The molecule has 166 valence electrons. The predicted molar refractivity (Wildman–Crippen MR) is 130 cm³/mol. The van der Waals surface area contributed by atoms with Crippen molar-refractivity contribution in [2.24, 2.45) is 5.10 Å². The molecular formula is C25H29N5OS.